The molecule has 0 unspecified atom stereocenters. The lowest BCUT2D eigenvalue weighted by atomic mass is 9.92. The molecule has 0 radical (unpaired) electrons. The van der Waals surface area contributed by atoms with Gasteiger partial charge < -0.3 is 10.6 Å². The molecule has 3 heteroatoms. The molecule has 0 aliphatic carbocycles. The van der Waals surface area contributed by atoms with Crippen LogP contribution in [-0.4, -0.2) is 19.1 Å². The van der Waals surface area contributed by atoms with Crippen molar-refractivity contribution in [3.63, 3.8) is 0 Å². The molecule has 1 aliphatic rings. The van der Waals surface area contributed by atoms with E-state index in [4.69, 9.17) is 0 Å². The van der Waals surface area contributed by atoms with Crippen molar-refractivity contribution in [2.45, 2.75) is 25.4 Å². The summed E-state index contributed by atoms with van der Waals surface area (Å²) in [4.78, 5) is 0. The lowest BCUT2D eigenvalue weighted by Gasteiger charge is -2.37. The maximum Gasteiger partial charge on any atom is 0.128 e. The summed E-state index contributed by atoms with van der Waals surface area (Å²) in [5.74, 6) is -0.137. The van der Waals surface area contributed by atoms with Crippen molar-refractivity contribution in [3.05, 3.63) is 35.6 Å². The minimum Gasteiger partial charge on any atom is -0.314 e. The molecule has 2 rings (SSSR count). The van der Waals surface area contributed by atoms with Gasteiger partial charge >= 0.3 is 0 Å². The molecule has 0 spiro atoms. The van der Waals surface area contributed by atoms with Crippen molar-refractivity contribution >= 4 is 0 Å². The number of halogens is 1. The van der Waals surface area contributed by atoms with Gasteiger partial charge in [0.05, 0.1) is 0 Å². The zero-order valence-electron chi connectivity index (χ0n) is 9.18. The summed E-state index contributed by atoms with van der Waals surface area (Å²) in [5.41, 5.74) is 0.426. The van der Waals surface area contributed by atoms with Crippen LogP contribution in [0, 0.1) is 5.82 Å². The van der Waals surface area contributed by atoms with Crippen LogP contribution in [0.4, 0.5) is 4.39 Å². The third-order valence-corrected chi connectivity index (χ3v) is 2.89. The number of nitrogens with one attached hydrogen (secondary N) is 2. The van der Waals surface area contributed by atoms with E-state index in [0.717, 1.165) is 18.7 Å². The second-order valence-electron chi connectivity index (χ2n) is 4.60. The van der Waals surface area contributed by atoms with Gasteiger partial charge in [0.1, 0.15) is 5.82 Å². The van der Waals surface area contributed by atoms with Crippen molar-refractivity contribution in [1.82, 2.24) is 10.6 Å². The van der Waals surface area contributed by atoms with Crippen LogP contribution in [0.3, 0.4) is 0 Å². The SMILES string of the molecule is CC(C)(NC1CNC1)c1ccccc1F. The molecule has 0 saturated carbocycles. The van der Waals surface area contributed by atoms with Gasteiger partial charge in [0.15, 0.2) is 0 Å². The van der Waals surface area contributed by atoms with Crippen molar-refractivity contribution < 1.29 is 4.39 Å². The first-order valence-electron chi connectivity index (χ1n) is 5.33. The highest BCUT2D eigenvalue weighted by Gasteiger charge is 2.28. The Balaban J connectivity index is 2.16. The Hall–Kier alpha value is -0.930. The predicted octanol–water partition coefficient (Wildman–Crippen LogP) is 1.62. The number of benzene rings is 1. The van der Waals surface area contributed by atoms with Crippen LogP contribution >= 0.6 is 0 Å². The lowest BCUT2D eigenvalue weighted by molar-refractivity contribution is 0.268. The zero-order chi connectivity index (χ0) is 10.9. The summed E-state index contributed by atoms with van der Waals surface area (Å²) >= 11 is 0. The second-order valence-corrected chi connectivity index (χ2v) is 4.60. The summed E-state index contributed by atoms with van der Waals surface area (Å²) in [6.45, 7) is 5.98. The van der Waals surface area contributed by atoms with Crippen LogP contribution in [-0.2, 0) is 5.54 Å². The van der Waals surface area contributed by atoms with Gasteiger partial charge in [-0.1, -0.05) is 18.2 Å². The Morgan fingerprint density at radius 1 is 1.33 bits per heavy atom. The molecule has 1 fully saturated rings. The molecule has 1 aliphatic heterocycles. The minimum atomic E-state index is -0.307. The van der Waals surface area contributed by atoms with Gasteiger partial charge in [0, 0.05) is 30.2 Å². The smallest absolute Gasteiger partial charge is 0.128 e. The third-order valence-electron chi connectivity index (χ3n) is 2.89. The predicted molar refractivity (Wildman–Crippen MR) is 59.2 cm³/mol. The van der Waals surface area contributed by atoms with E-state index in [1.807, 2.05) is 26.0 Å². The van der Waals surface area contributed by atoms with Crippen molar-refractivity contribution in [1.29, 1.82) is 0 Å². The largest absolute Gasteiger partial charge is 0.314 e. The Labute approximate surface area is 89.9 Å². The fourth-order valence-electron chi connectivity index (χ4n) is 1.95. The van der Waals surface area contributed by atoms with Gasteiger partial charge in [0.25, 0.3) is 0 Å². The van der Waals surface area contributed by atoms with E-state index in [9.17, 15) is 4.39 Å². The average molecular weight is 208 g/mol. The van der Waals surface area contributed by atoms with Crippen LogP contribution in [0.1, 0.15) is 19.4 Å². The molecule has 0 bridgehead atoms. The van der Waals surface area contributed by atoms with Crippen LogP contribution in [0.25, 0.3) is 0 Å². The second kappa shape index (κ2) is 3.91. The lowest BCUT2D eigenvalue weighted by Crippen LogP contribution is -2.60. The first-order chi connectivity index (χ1) is 7.09. The van der Waals surface area contributed by atoms with E-state index in [2.05, 4.69) is 10.6 Å². The maximum atomic E-state index is 13.6. The summed E-state index contributed by atoms with van der Waals surface area (Å²) in [6.07, 6.45) is 0. The van der Waals surface area contributed by atoms with Gasteiger partial charge in [-0.2, -0.15) is 0 Å². The highest BCUT2D eigenvalue weighted by molar-refractivity contribution is 5.25. The van der Waals surface area contributed by atoms with Crippen LogP contribution in [0.15, 0.2) is 24.3 Å². The highest BCUT2D eigenvalue weighted by Crippen LogP contribution is 2.23. The average Bonchev–Trinajstić information content (AvgIpc) is 2.12. The zero-order valence-corrected chi connectivity index (χ0v) is 9.18. The monoisotopic (exact) mass is 208 g/mol. The van der Waals surface area contributed by atoms with E-state index in [-0.39, 0.29) is 11.4 Å². The fraction of sp³-hybridized carbons (Fsp3) is 0.500. The van der Waals surface area contributed by atoms with Crippen molar-refractivity contribution in [2.75, 3.05) is 13.1 Å². The van der Waals surface area contributed by atoms with Crippen LogP contribution in [0.2, 0.25) is 0 Å². The Bertz CT molecular complexity index is 345. The molecule has 0 atom stereocenters. The molecule has 2 nitrogen and oxygen atoms in total. The molecular weight excluding hydrogens is 191 g/mol. The molecular formula is C12H17FN2. The number of hydrogen-bond acceptors (Lipinski definition) is 2. The van der Waals surface area contributed by atoms with E-state index in [0.29, 0.717) is 6.04 Å². The Morgan fingerprint density at radius 2 is 2.00 bits per heavy atom. The van der Waals surface area contributed by atoms with E-state index in [1.54, 1.807) is 6.07 Å². The maximum absolute atomic E-state index is 13.6. The van der Waals surface area contributed by atoms with Gasteiger partial charge in [-0.05, 0) is 19.9 Å². The van der Waals surface area contributed by atoms with Crippen LogP contribution in [0.5, 0.6) is 0 Å². The fourth-order valence-corrected chi connectivity index (χ4v) is 1.95. The van der Waals surface area contributed by atoms with Crippen LogP contribution < -0.4 is 10.6 Å². The molecule has 1 heterocycles. The van der Waals surface area contributed by atoms with Gasteiger partial charge in [-0.3, -0.25) is 0 Å². The molecule has 0 amide bonds. The summed E-state index contributed by atoms with van der Waals surface area (Å²) in [5, 5.41) is 6.64. The van der Waals surface area contributed by atoms with E-state index < -0.39 is 0 Å². The minimum absolute atomic E-state index is 0.137. The van der Waals surface area contributed by atoms with E-state index in [1.165, 1.54) is 6.07 Å². The molecule has 15 heavy (non-hydrogen) atoms. The summed E-state index contributed by atoms with van der Waals surface area (Å²) in [7, 11) is 0. The molecule has 0 aromatic heterocycles. The molecule has 1 saturated heterocycles. The Kier molecular flexibility index (Phi) is 2.76. The highest BCUT2D eigenvalue weighted by atomic mass is 19.1. The molecule has 82 valence electrons. The first kappa shape index (κ1) is 10.6. The summed E-state index contributed by atoms with van der Waals surface area (Å²) < 4.78 is 13.6. The van der Waals surface area contributed by atoms with Gasteiger partial charge in [-0.25, -0.2) is 4.39 Å². The summed E-state index contributed by atoms with van der Waals surface area (Å²) in [6, 6.07) is 7.41. The normalized spacial score (nSPS) is 17.5. The van der Waals surface area contributed by atoms with Gasteiger partial charge in [-0.15, -0.1) is 0 Å². The molecule has 1 aromatic carbocycles. The number of hydrogen-bond donors (Lipinski definition) is 2. The van der Waals surface area contributed by atoms with E-state index >= 15 is 0 Å². The van der Waals surface area contributed by atoms with Crippen molar-refractivity contribution in [2.24, 2.45) is 0 Å². The number of rotatable bonds is 3. The first-order valence-corrected chi connectivity index (χ1v) is 5.33. The van der Waals surface area contributed by atoms with Crippen molar-refractivity contribution in [3.8, 4) is 0 Å². The third kappa shape index (κ3) is 2.19. The standard InChI is InChI=1S/C12H17FN2/c1-12(2,15-9-7-14-8-9)10-5-3-4-6-11(10)13/h3-6,9,14-15H,7-8H2,1-2H3. The van der Waals surface area contributed by atoms with Gasteiger partial charge in [0.2, 0.25) is 0 Å². The Morgan fingerprint density at radius 3 is 2.53 bits per heavy atom. The quantitative estimate of drug-likeness (QED) is 0.788. The molecule has 2 N–H and O–H groups in total. The molecule has 1 aromatic rings. The topological polar surface area (TPSA) is 24.1 Å².